The Morgan fingerprint density at radius 3 is 2.72 bits per heavy atom. The maximum Gasteiger partial charge on any atom is 0.347 e. The number of carbonyl (C=O) groups excluding carboxylic acids is 3. The van der Waals surface area contributed by atoms with Crippen LogP contribution in [0.5, 0.6) is 0 Å². The lowest BCUT2D eigenvalue weighted by Crippen LogP contribution is -2.74. The van der Waals surface area contributed by atoms with Gasteiger partial charge in [0, 0.05) is 22.8 Å². The molecule has 3 heterocycles. The summed E-state index contributed by atoms with van der Waals surface area (Å²) in [5.41, 5.74) is -2.00. The Kier molecular flexibility index (Phi) is 6.15. The zero-order valence-electron chi connectivity index (χ0n) is 16.6. The fourth-order valence-electron chi connectivity index (χ4n) is 3.46. The number of amides is 2. The topological polar surface area (TPSA) is 119 Å². The Bertz CT molecular complexity index is 1050. The van der Waals surface area contributed by atoms with Crippen LogP contribution in [0, 0.1) is 10.1 Å². The van der Waals surface area contributed by atoms with Gasteiger partial charge in [0.05, 0.1) is 17.9 Å². The van der Waals surface area contributed by atoms with Crippen LogP contribution in [0.15, 0.2) is 41.8 Å². The number of ether oxygens (including phenoxy) is 1. The van der Waals surface area contributed by atoms with Gasteiger partial charge in [-0.25, -0.2) is 9.18 Å². The van der Waals surface area contributed by atoms with Crippen LogP contribution >= 0.6 is 23.1 Å². The minimum atomic E-state index is -2.37. The number of thiophene rings is 1. The number of benzene rings is 1. The van der Waals surface area contributed by atoms with Gasteiger partial charge in [0.2, 0.25) is 17.5 Å². The second-order valence-corrected chi connectivity index (χ2v) is 9.57. The third-order valence-corrected chi connectivity index (χ3v) is 7.53. The lowest BCUT2D eigenvalue weighted by molar-refractivity contribution is -0.384. The number of fused-ring (bicyclic) bond motifs is 1. The summed E-state index contributed by atoms with van der Waals surface area (Å²) in [4.78, 5) is 49.2. The van der Waals surface area contributed by atoms with Gasteiger partial charge in [-0.3, -0.25) is 19.7 Å². The molecule has 32 heavy (non-hydrogen) atoms. The first kappa shape index (κ1) is 22.2. The fourth-order valence-corrected chi connectivity index (χ4v) is 5.54. The van der Waals surface area contributed by atoms with Crippen LogP contribution in [0.25, 0.3) is 0 Å². The molecule has 0 radical (unpaired) electrons. The predicted octanol–water partition coefficient (Wildman–Crippen LogP) is 2.05. The van der Waals surface area contributed by atoms with Gasteiger partial charge in [0.1, 0.15) is 18.0 Å². The summed E-state index contributed by atoms with van der Waals surface area (Å²) in [6.45, 7) is -0.689. The van der Waals surface area contributed by atoms with E-state index in [4.69, 9.17) is 4.74 Å². The van der Waals surface area contributed by atoms with Gasteiger partial charge in [-0.15, -0.1) is 23.1 Å². The van der Waals surface area contributed by atoms with Crippen LogP contribution in [0.4, 0.5) is 10.1 Å². The molecule has 2 aromatic rings. The molecule has 0 saturated carbocycles. The summed E-state index contributed by atoms with van der Waals surface area (Å²) in [5.74, 6) is -2.03. The molecule has 2 aliphatic heterocycles. The van der Waals surface area contributed by atoms with Crippen LogP contribution in [-0.2, 0) is 32.1 Å². The molecule has 2 saturated heterocycles. The maximum atomic E-state index is 15.2. The third kappa shape index (κ3) is 4.46. The SMILES string of the molecule is O=C(Cc1cccs1)NC1C(=O)N2CC(F)(C(=O)OCc3ccc([N+](=O)[O-])cc3)CS[C@H]12. The van der Waals surface area contributed by atoms with Gasteiger partial charge in [0.15, 0.2) is 0 Å². The molecule has 4 rings (SSSR count). The van der Waals surface area contributed by atoms with Crippen molar-refractivity contribution >= 4 is 46.6 Å². The standard InChI is InChI=1S/C20H18FN3O6S2/c21-20(19(27)30-9-12-3-5-13(6-4-12)24(28)29)10-23-17(26)16(18(23)32-11-20)22-15(25)8-14-2-1-7-31-14/h1-7,16,18H,8-11H2,(H,22,25)/t16?,18-,20?/m1/s1. The molecule has 12 heteroatoms. The number of non-ortho nitro benzene ring substituents is 1. The summed E-state index contributed by atoms with van der Waals surface area (Å²) in [6, 6.07) is 8.29. The highest BCUT2D eigenvalue weighted by molar-refractivity contribution is 8.00. The van der Waals surface area contributed by atoms with Crippen LogP contribution < -0.4 is 5.32 Å². The van der Waals surface area contributed by atoms with E-state index in [1.807, 2.05) is 17.5 Å². The fraction of sp³-hybridized carbons (Fsp3) is 0.350. The van der Waals surface area contributed by atoms with Crippen molar-refractivity contribution in [3.05, 3.63) is 62.3 Å². The minimum absolute atomic E-state index is 0.106. The van der Waals surface area contributed by atoms with Gasteiger partial charge in [-0.1, -0.05) is 6.07 Å². The van der Waals surface area contributed by atoms with Gasteiger partial charge in [0.25, 0.3) is 5.69 Å². The first-order valence-electron chi connectivity index (χ1n) is 9.60. The normalized spacial score (nSPS) is 24.3. The van der Waals surface area contributed by atoms with E-state index in [1.54, 1.807) is 0 Å². The Balaban J connectivity index is 1.29. The molecule has 168 valence electrons. The molecule has 2 unspecified atom stereocenters. The van der Waals surface area contributed by atoms with Crippen molar-refractivity contribution in [1.29, 1.82) is 0 Å². The van der Waals surface area contributed by atoms with Gasteiger partial charge >= 0.3 is 5.97 Å². The quantitative estimate of drug-likeness (QED) is 0.279. The average Bonchev–Trinajstić information content (AvgIpc) is 3.29. The Morgan fingerprint density at radius 1 is 1.31 bits per heavy atom. The van der Waals surface area contributed by atoms with Crippen molar-refractivity contribution in [2.75, 3.05) is 12.3 Å². The van der Waals surface area contributed by atoms with E-state index in [0.717, 1.165) is 16.6 Å². The molecular weight excluding hydrogens is 461 g/mol. The number of thioether (sulfide) groups is 1. The second kappa shape index (κ2) is 8.87. The number of nitro benzene ring substituents is 1. The molecule has 2 aliphatic rings. The van der Waals surface area contributed by atoms with E-state index in [2.05, 4.69) is 5.32 Å². The summed E-state index contributed by atoms with van der Waals surface area (Å²) >= 11 is 2.52. The van der Waals surface area contributed by atoms with Crippen molar-refractivity contribution < 1.29 is 28.4 Å². The molecule has 1 aromatic heterocycles. The van der Waals surface area contributed by atoms with Crippen LogP contribution in [0.1, 0.15) is 10.4 Å². The molecule has 2 amide bonds. The Morgan fingerprint density at radius 2 is 2.06 bits per heavy atom. The highest BCUT2D eigenvalue weighted by Gasteiger charge is 2.58. The van der Waals surface area contributed by atoms with Gasteiger partial charge < -0.3 is 15.0 Å². The summed E-state index contributed by atoms with van der Waals surface area (Å²) in [7, 11) is 0. The summed E-state index contributed by atoms with van der Waals surface area (Å²) in [5, 5.41) is 14.8. The number of hydrogen-bond donors (Lipinski definition) is 1. The minimum Gasteiger partial charge on any atom is -0.458 e. The molecule has 9 nitrogen and oxygen atoms in total. The number of esters is 1. The lowest BCUT2D eigenvalue weighted by atomic mass is 10.0. The van der Waals surface area contributed by atoms with E-state index in [1.165, 1.54) is 40.5 Å². The van der Waals surface area contributed by atoms with Crippen molar-refractivity contribution in [2.45, 2.75) is 30.1 Å². The van der Waals surface area contributed by atoms with E-state index in [-0.39, 0.29) is 30.4 Å². The molecule has 3 atom stereocenters. The largest absolute Gasteiger partial charge is 0.458 e. The van der Waals surface area contributed by atoms with Crippen molar-refractivity contribution in [3.8, 4) is 0 Å². The van der Waals surface area contributed by atoms with Crippen molar-refractivity contribution in [3.63, 3.8) is 0 Å². The van der Waals surface area contributed by atoms with E-state index in [9.17, 15) is 24.5 Å². The second-order valence-electron chi connectivity index (χ2n) is 7.43. The van der Waals surface area contributed by atoms with E-state index < -0.39 is 40.4 Å². The first-order chi connectivity index (χ1) is 15.3. The number of halogens is 1. The average molecular weight is 480 g/mol. The zero-order chi connectivity index (χ0) is 22.9. The number of β-lactam (4-membered cyclic amide) rings is 1. The number of carbonyl (C=O) groups is 3. The van der Waals surface area contributed by atoms with Gasteiger partial charge in [-0.05, 0) is 29.1 Å². The number of nitrogens with zero attached hydrogens (tertiary/aromatic N) is 2. The number of rotatable bonds is 7. The molecule has 2 fully saturated rings. The Hall–Kier alpha value is -2.99. The number of nitro groups is 1. The number of hydrogen-bond acceptors (Lipinski definition) is 8. The van der Waals surface area contributed by atoms with Crippen LogP contribution in [-0.4, -0.2) is 57.0 Å². The zero-order valence-corrected chi connectivity index (χ0v) is 18.2. The summed E-state index contributed by atoms with van der Waals surface area (Å²) < 4.78 is 20.3. The van der Waals surface area contributed by atoms with Crippen molar-refractivity contribution in [1.82, 2.24) is 10.2 Å². The molecule has 0 aliphatic carbocycles. The van der Waals surface area contributed by atoms with Gasteiger partial charge in [-0.2, -0.15) is 0 Å². The molecule has 0 spiro atoms. The Labute approximate surface area is 190 Å². The highest BCUT2D eigenvalue weighted by atomic mass is 32.2. The first-order valence-corrected chi connectivity index (χ1v) is 11.5. The monoisotopic (exact) mass is 479 g/mol. The maximum absolute atomic E-state index is 15.2. The predicted molar refractivity (Wildman–Crippen MR) is 115 cm³/mol. The summed E-state index contributed by atoms with van der Waals surface area (Å²) in [6.07, 6.45) is 0.168. The van der Waals surface area contributed by atoms with E-state index >= 15 is 4.39 Å². The highest BCUT2D eigenvalue weighted by Crippen LogP contribution is 2.40. The van der Waals surface area contributed by atoms with Crippen LogP contribution in [0.3, 0.4) is 0 Å². The molecule has 0 bridgehead atoms. The number of nitrogens with one attached hydrogen (secondary N) is 1. The lowest BCUT2D eigenvalue weighted by Gasteiger charge is -2.52. The number of alkyl halides is 1. The van der Waals surface area contributed by atoms with Crippen molar-refractivity contribution in [2.24, 2.45) is 0 Å². The smallest absolute Gasteiger partial charge is 0.347 e. The third-order valence-electron chi connectivity index (χ3n) is 5.16. The molecule has 1 N–H and O–H groups in total. The molecule has 1 aromatic carbocycles. The molecular formula is C20H18FN3O6S2. The van der Waals surface area contributed by atoms with E-state index in [0.29, 0.717) is 5.56 Å². The van der Waals surface area contributed by atoms with Crippen LogP contribution in [0.2, 0.25) is 0 Å².